The monoisotopic (exact) mass is 419 g/mol. The molecule has 7 nitrogen and oxygen atoms in total. The molecule has 0 aromatic carbocycles. The zero-order valence-electron chi connectivity index (χ0n) is 7.97. The molecule has 0 fully saturated rings. The van der Waals surface area contributed by atoms with E-state index in [9.17, 15) is 18.0 Å². The Hall–Kier alpha value is 0.590. The fourth-order valence-electron chi connectivity index (χ4n) is 0.479. The molecular weight excluding hydrogens is 412 g/mol. The van der Waals surface area contributed by atoms with Crippen LogP contribution in [0.5, 0.6) is 0 Å². The molecule has 0 spiro atoms. The number of hydrogen-bond donors (Lipinski definition) is 3. The third-order valence-corrected chi connectivity index (χ3v) is 2.08. The van der Waals surface area contributed by atoms with Gasteiger partial charge in [0.1, 0.15) is 0 Å². The molecule has 0 saturated carbocycles. The van der Waals surface area contributed by atoms with Gasteiger partial charge in [0.2, 0.25) is 0 Å². The SMILES string of the molecule is O=C(O)CC(C(=O)O)S(=O)(=O)O.[Au].[H-].[Na+]. The molecule has 1 unspecified atom stereocenters. The standard InChI is InChI=1S/C4H6O7S.Au.Na.H/c5-3(6)1-2(4(7)8)12(9,10)11;;;/h2H,1H2,(H,5,6)(H,7,8)(H,9,10,11);;;/q;;+1;-1. The maximum atomic E-state index is 10.2. The largest absolute Gasteiger partial charge is 1.00 e. The smallest absolute Gasteiger partial charge is 1.00 e. The summed E-state index contributed by atoms with van der Waals surface area (Å²) in [7, 11) is -4.84. The van der Waals surface area contributed by atoms with E-state index in [-0.39, 0.29) is 53.4 Å². The molecule has 14 heavy (non-hydrogen) atoms. The Balaban J connectivity index is -0.000000202. The first-order valence-electron chi connectivity index (χ1n) is 2.66. The summed E-state index contributed by atoms with van der Waals surface area (Å²) in [4.78, 5) is 20.0. The van der Waals surface area contributed by atoms with Crippen molar-refractivity contribution in [1.29, 1.82) is 0 Å². The molecule has 1 radical (unpaired) electrons. The van der Waals surface area contributed by atoms with Crippen molar-refractivity contribution in [3.05, 3.63) is 0 Å². The van der Waals surface area contributed by atoms with E-state index in [2.05, 4.69) is 0 Å². The van der Waals surface area contributed by atoms with Crippen LogP contribution in [0.2, 0.25) is 0 Å². The molecule has 0 saturated heterocycles. The molecule has 0 amide bonds. The van der Waals surface area contributed by atoms with E-state index < -0.39 is 33.7 Å². The molecule has 0 heterocycles. The van der Waals surface area contributed by atoms with Crippen LogP contribution in [-0.4, -0.2) is 40.4 Å². The Morgan fingerprint density at radius 3 is 1.71 bits per heavy atom. The van der Waals surface area contributed by atoms with E-state index in [0.717, 1.165) is 0 Å². The Morgan fingerprint density at radius 2 is 1.64 bits per heavy atom. The second-order valence-corrected chi connectivity index (χ2v) is 3.54. The predicted molar refractivity (Wildman–Crippen MR) is 36.3 cm³/mol. The minimum atomic E-state index is -4.84. The Morgan fingerprint density at radius 1 is 1.29 bits per heavy atom. The molecule has 0 bridgehead atoms. The summed E-state index contributed by atoms with van der Waals surface area (Å²) in [6.07, 6.45) is -1.16. The summed E-state index contributed by atoms with van der Waals surface area (Å²) in [6, 6.07) is 0. The van der Waals surface area contributed by atoms with Gasteiger partial charge < -0.3 is 11.6 Å². The van der Waals surface area contributed by atoms with Crippen molar-refractivity contribution in [2.75, 3.05) is 0 Å². The fourth-order valence-corrected chi connectivity index (χ4v) is 1.09. The van der Waals surface area contributed by atoms with Gasteiger partial charge in [0.05, 0.1) is 6.42 Å². The first-order valence-corrected chi connectivity index (χ1v) is 4.16. The van der Waals surface area contributed by atoms with E-state index in [4.69, 9.17) is 14.8 Å². The average Bonchev–Trinajstić information content (AvgIpc) is 1.79. The van der Waals surface area contributed by atoms with Crippen LogP contribution in [0.3, 0.4) is 0 Å². The first-order chi connectivity index (χ1) is 5.25. The van der Waals surface area contributed by atoms with Crippen molar-refractivity contribution in [3.8, 4) is 0 Å². The molecule has 1 atom stereocenters. The van der Waals surface area contributed by atoms with Gasteiger partial charge in [0.15, 0.2) is 5.25 Å². The van der Waals surface area contributed by atoms with Gasteiger partial charge in [-0.1, -0.05) is 0 Å². The van der Waals surface area contributed by atoms with E-state index in [1.165, 1.54) is 0 Å². The van der Waals surface area contributed by atoms with Crippen molar-refractivity contribution >= 4 is 22.1 Å². The van der Waals surface area contributed by atoms with Crippen LogP contribution in [0.4, 0.5) is 0 Å². The van der Waals surface area contributed by atoms with Gasteiger partial charge in [0.25, 0.3) is 10.1 Å². The van der Waals surface area contributed by atoms with Crippen LogP contribution in [0.15, 0.2) is 0 Å². The number of rotatable bonds is 4. The number of carboxylic acids is 2. The summed E-state index contributed by atoms with van der Waals surface area (Å²) in [6.45, 7) is 0. The third kappa shape index (κ3) is 7.95. The third-order valence-electron chi connectivity index (χ3n) is 0.995. The van der Waals surface area contributed by atoms with E-state index in [0.29, 0.717) is 0 Å². The van der Waals surface area contributed by atoms with Gasteiger partial charge in [-0.2, -0.15) is 8.42 Å². The maximum absolute atomic E-state index is 10.2. The number of hydrogen-bond acceptors (Lipinski definition) is 4. The quantitative estimate of drug-likeness (QED) is 0.312. The van der Waals surface area contributed by atoms with E-state index in [1.54, 1.807) is 0 Å². The zero-order chi connectivity index (χ0) is 9.94. The van der Waals surface area contributed by atoms with Crippen molar-refractivity contribution in [2.45, 2.75) is 11.7 Å². The van der Waals surface area contributed by atoms with Crippen LogP contribution in [-0.2, 0) is 42.1 Å². The number of aliphatic carboxylic acids is 2. The van der Waals surface area contributed by atoms with Crippen LogP contribution in [0.25, 0.3) is 0 Å². The van der Waals surface area contributed by atoms with Crippen molar-refractivity contribution in [1.82, 2.24) is 0 Å². The van der Waals surface area contributed by atoms with Gasteiger partial charge in [-0.25, -0.2) is 0 Å². The number of carboxylic acid groups (broad SMARTS) is 2. The Bertz CT molecular complexity index is 304. The van der Waals surface area contributed by atoms with Gasteiger partial charge in [0, 0.05) is 22.4 Å². The van der Waals surface area contributed by atoms with Crippen molar-refractivity contribution in [3.63, 3.8) is 0 Å². The van der Waals surface area contributed by atoms with Crippen LogP contribution < -0.4 is 29.6 Å². The van der Waals surface area contributed by atoms with Gasteiger partial charge in [-0.3, -0.25) is 14.1 Å². The summed E-state index contributed by atoms with van der Waals surface area (Å²) in [5, 5.41) is 13.9. The molecule has 0 aliphatic rings. The Labute approximate surface area is 119 Å². The molecule has 0 aromatic heterocycles. The van der Waals surface area contributed by atoms with Crippen LogP contribution >= 0.6 is 0 Å². The molecule has 0 aromatic rings. The Kier molecular flexibility index (Phi) is 11.2. The second kappa shape index (κ2) is 7.83. The minimum absolute atomic E-state index is 0. The van der Waals surface area contributed by atoms with Crippen LogP contribution in [0, 0.1) is 0 Å². The molecule has 3 N–H and O–H groups in total. The second-order valence-electron chi connectivity index (χ2n) is 1.94. The molecule has 0 rings (SSSR count). The van der Waals surface area contributed by atoms with Crippen LogP contribution in [0.1, 0.15) is 7.85 Å². The number of carbonyl (C=O) groups is 2. The summed E-state index contributed by atoms with van der Waals surface area (Å²) in [5.74, 6) is -3.50. The topological polar surface area (TPSA) is 129 Å². The minimum Gasteiger partial charge on any atom is -1.00 e. The van der Waals surface area contributed by atoms with E-state index >= 15 is 0 Å². The normalized spacial score (nSPS) is 11.8. The van der Waals surface area contributed by atoms with Gasteiger partial charge in [-0.15, -0.1) is 0 Å². The zero-order valence-corrected chi connectivity index (χ0v) is 12.0. The fraction of sp³-hybridized carbons (Fsp3) is 0.500. The van der Waals surface area contributed by atoms with Gasteiger partial charge in [-0.05, 0) is 0 Å². The molecule has 10 heteroatoms. The summed E-state index contributed by atoms with van der Waals surface area (Å²) in [5.41, 5.74) is 0. The molecular formula is C4H7AuNaO7S. The first kappa shape index (κ1) is 20.1. The van der Waals surface area contributed by atoms with Gasteiger partial charge >= 0.3 is 41.5 Å². The molecule has 0 aliphatic heterocycles. The molecule has 0 aliphatic carbocycles. The summed E-state index contributed by atoms with van der Waals surface area (Å²) >= 11 is 0. The predicted octanol–water partition coefficient (Wildman–Crippen LogP) is -4.08. The summed E-state index contributed by atoms with van der Waals surface area (Å²) < 4.78 is 28.7. The molecule has 83 valence electrons. The van der Waals surface area contributed by atoms with E-state index in [1.807, 2.05) is 0 Å². The van der Waals surface area contributed by atoms with Crippen molar-refractivity contribution < 1.29 is 86.1 Å². The maximum Gasteiger partial charge on any atom is 1.00 e. The van der Waals surface area contributed by atoms with Crippen molar-refractivity contribution in [2.24, 2.45) is 0 Å². The average molecular weight is 419 g/mol.